The van der Waals surface area contributed by atoms with E-state index in [1.54, 1.807) is 0 Å². The summed E-state index contributed by atoms with van der Waals surface area (Å²) in [5.74, 6) is 2.07. The van der Waals surface area contributed by atoms with E-state index in [4.69, 9.17) is 0 Å². The molecule has 0 aromatic heterocycles. The topological polar surface area (TPSA) is 3.24 Å². The normalized spacial score (nSPS) is 52.9. The van der Waals surface area contributed by atoms with Crippen LogP contribution in [0, 0.1) is 11.8 Å². The Balaban J connectivity index is 2.11. The first-order valence-corrected chi connectivity index (χ1v) is 3.58. The highest BCUT2D eigenvalue weighted by atomic mass is 15.2. The number of rotatable bonds is 0. The van der Waals surface area contributed by atoms with Crippen LogP contribution in [-0.2, 0) is 0 Å². The molecular weight excluding hydrogens is 98.1 g/mol. The van der Waals surface area contributed by atoms with Gasteiger partial charge in [-0.15, -0.1) is 0 Å². The van der Waals surface area contributed by atoms with Crippen LogP contribution in [0.5, 0.6) is 0 Å². The summed E-state index contributed by atoms with van der Waals surface area (Å²) >= 11 is 0. The van der Waals surface area contributed by atoms with Crippen molar-refractivity contribution in [3.63, 3.8) is 0 Å². The zero-order valence-corrected chi connectivity index (χ0v) is 5.43. The molecule has 46 valence electrons. The molecule has 0 aromatic rings. The van der Waals surface area contributed by atoms with Gasteiger partial charge in [0.15, 0.2) is 0 Å². The lowest BCUT2D eigenvalue weighted by molar-refractivity contribution is 0.316. The largest absolute Gasteiger partial charge is 0.303 e. The van der Waals surface area contributed by atoms with Crippen LogP contribution in [0.2, 0.25) is 0 Å². The van der Waals surface area contributed by atoms with Crippen LogP contribution >= 0.6 is 0 Å². The molecule has 0 amide bonds. The molecule has 1 nitrogen and oxygen atoms in total. The first-order chi connectivity index (χ1) is 3.86. The summed E-state index contributed by atoms with van der Waals surface area (Å²) in [6.07, 6.45) is 1.47. The zero-order valence-electron chi connectivity index (χ0n) is 5.43. The highest BCUT2D eigenvalue weighted by molar-refractivity contribution is 4.87. The molecular formula is C7H13N. The van der Waals surface area contributed by atoms with Gasteiger partial charge in [0, 0.05) is 13.1 Å². The smallest absolute Gasteiger partial charge is 0.00133 e. The van der Waals surface area contributed by atoms with Crippen LogP contribution in [0.15, 0.2) is 0 Å². The van der Waals surface area contributed by atoms with E-state index < -0.39 is 0 Å². The quantitative estimate of drug-likeness (QED) is 0.450. The van der Waals surface area contributed by atoms with Gasteiger partial charge in [-0.2, -0.15) is 0 Å². The molecule has 0 aromatic carbocycles. The van der Waals surface area contributed by atoms with Crippen molar-refractivity contribution in [3.8, 4) is 0 Å². The monoisotopic (exact) mass is 111 g/mol. The first kappa shape index (κ1) is 4.80. The molecule has 2 heterocycles. The van der Waals surface area contributed by atoms with Crippen molar-refractivity contribution in [2.75, 3.05) is 19.6 Å². The number of piperidine rings is 1. The summed E-state index contributed by atoms with van der Waals surface area (Å²) in [5, 5.41) is 0. The maximum absolute atomic E-state index is 2.58. The third-order valence-corrected chi connectivity index (χ3v) is 2.66. The predicted molar refractivity (Wildman–Crippen MR) is 33.7 cm³/mol. The molecule has 3 atom stereocenters. The van der Waals surface area contributed by atoms with Gasteiger partial charge >= 0.3 is 0 Å². The average Bonchev–Trinajstić information content (AvgIpc) is 2.23. The Morgan fingerprint density at radius 1 is 1.38 bits per heavy atom. The van der Waals surface area contributed by atoms with Gasteiger partial charge in [0.2, 0.25) is 0 Å². The van der Waals surface area contributed by atoms with E-state index >= 15 is 0 Å². The standard InChI is InChI=1S/C7H13N/c1-6-4-8-3-2-7(6)5-8/h6-7H,2-5H2,1H3. The Morgan fingerprint density at radius 3 is 2.50 bits per heavy atom. The van der Waals surface area contributed by atoms with Crippen LogP contribution in [0.3, 0.4) is 0 Å². The second kappa shape index (κ2) is 1.47. The Hall–Kier alpha value is -0.0400. The van der Waals surface area contributed by atoms with Gasteiger partial charge in [-0.25, -0.2) is 0 Å². The second-order valence-electron chi connectivity index (χ2n) is 3.29. The number of fused-ring (bicyclic) bond motifs is 2. The van der Waals surface area contributed by atoms with Crippen LogP contribution in [0.1, 0.15) is 13.3 Å². The van der Waals surface area contributed by atoms with Gasteiger partial charge in [0.05, 0.1) is 0 Å². The van der Waals surface area contributed by atoms with Gasteiger partial charge in [0.1, 0.15) is 0 Å². The number of hydrogen-bond acceptors (Lipinski definition) is 1. The maximum atomic E-state index is 2.58. The van der Waals surface area contributed by atoms with E-state index in [0.717, 1.165) is 11.8 Å². The van der Waals surface area contributed by atoms with Crippen molar-refractivity contribution in [3.05, 3.63) is 0 Å². The summed E-state index contributed by atoms with van der Waals surface area (Å²) in [6.45, 7) is 6.55. The molecule has 2 aliphatic rings. The van der Waals surface area contributed by atoms with Crippen molar-refractivity contribution in [2.45, 2.75) is 13.3 Å². The summed E-state index contributed by atoms with van der Waals surface area (Å²) in [4.78, 5) is 2.58. The van der Waals surface area contributed by atoms with E-state index in [0.29, 0.717) is 0 Å². The Bertz CT molecular complexity index is 98.6. The third kappa shape index (κ3) is 0.510. The van der Waals surface area contributed by atoms with Gasteiger partial charge in [-0.05, 0) is 24.8 Å². The molecule has 2 aliphatic heterocycles. The van der Waals surface area contributed by atoms with Crippen LogP contribution < -0.4 is 0 Å². The van der Waals surface area contributed by atoms with E-state index in [1.807, 2.05) is 0 Å². The van der Waals surface area contributed by atoms with Crippen molar-refractivity contribution in [1.82, 2.24) is 4.90 Å². The predicted octanol–water partition coefficient (Wildman–Crippen LogP) is 0.958. The molecule has 2 bridgehead atoms. The molecule has 3 unspecified atom stereocenters. The zero-order chi connectivity index (χ0) is 5.56. The van der Waals surface area contributed by atoms with E-state index in [-0.39, 0.29) is 0 Å². The van der Waals surface area contributed by atoms with Crippen molar-refractivity contribution < 1.29 is 0 Å². The minimum Gasteiger partial charge on any atom is -0.303 e. The lowest BCUT2D eigenvalue weighted by Crippen LogP contribution is -2.21. The van der Waals surface area contributed by atoms with Crippen LogP contribution in [-0.4, -0.2) is 24.5 Å². The molecule has 0 N–H and O–H groups in total. The SMILES string of the molecule is CC1CN2CCC1C2. The molecule has 2 rings (SSSR count). The maximum Gasteiger partial charge on any atom is 0.00133 e. The van der Waals surface area contributed by atoms with Gasteiger partial charge in [-0.1, -0.05) is 6.92 Å². The van der Waals surface area contributed by atoms with Gasteiger partial charge in [0.25, 0.3) is 0 Å². The average molecular weight is 111 g/mol. The summed E-state index contributed by atoms with van der Waals surface area (Å²) in [5.41, 5.74) is 0. The fraction of sp³-hybridized carbons (Fsp3) is 1.00. The molecule has 1 heteroatoms. The van der Waals surface area contributed by atoms with Gasteiger partial charge < -0.3 is 4.90 Å². The first-order valence-electron chi connectivity index (χ1n) is 3.58. The fourth-order valence-electron chi connectivity index (χ4n) is 2.05. The van der Waals surface area contributed by atoms with Crippen LogP contribution in [0.25, 0.3) is 0 Å². The molecule has 0 saturated carbocycles. The van der Waals surface area contributed by atoms with E-state index in [1.165, 1.54) is 26.1 Å². The van der Waals surface area contributed by atoms with Gasteiger partial charge in [-0.3, -0.25) is 0 Å². The molecule has 8 heavy (non-hydrogen) atoms. The number of hydrogen-bond donors (Lipinski definition) is 0. The Labute approximate surface area is 50.7 Å². The number of nitrogens with zero attached hydrogens (tertiary/aromatic N) is 1. The molecule has 0 radical (unpaired) electrons. The van der Waals surface area contributed by atoms with Crippen LogP contribution in [0.4, 0.5) is 0 Å². The minimum atomic E-state index is 1.00. The van der Waals surface area contributed by atoms with Crippen molar-refractivity contribution in [2.24, 2.45) is 11.8 Å². The van der Waals surface area contributed by atoms with E-state index in [9.17, 15) is 0 Å². The highest BCUT2D eigenvalue weighted by Crippen LogP contribution is 2.31. The minimum absolute atomic E-state index is 1.00. The Morgan fingerprint density at radius 2 is 2.25 bits per heavy atom. The molecule has 2 saturated heterocycles. The highest BCUT2D eigenvalue weighted by Gasteiger charge is 2.34. The summed E-state index contributed by atoms with van der Waals surface area (Å²) < 4.78 is 0. The molecule has 0 aliphatic carbocycles. The molecule has 2 fully saturated rings. The van der Waals surface area contributed by atoms with Crippen molar-refractivity contribution in [1.29, 1.82) is 0 Å². The molecule has 0 spiro atoms. The fourth-order valence-corrected chi connectivity index (χ4v) is 2.05. The van der Waals surface area contributed by atoms with E-state index in [2.05, 4.69) is 11.8 Å². The third-order valence-electron chi connectivity index (χ3n) is 2.66. The summed E-state index contributed by atoms with van der Waals surface area (Å²) in [6, 6.07) is 0. The second-order valence-corrected chi connectivity index (χ2v) is 3.29. The summed E-state index contributed by atoms with van der Waals surface area (Å²) in [7, 11) is 0. The Kier molecular flexibility index (Phi) is 0.884. The van der Waals surface area contributed by atoms with Crippen molar-refractivity contribution >= 4 is 0 Å². The lowest BCUT2D eigenvalue weighted by atomic mass is 9.95. The lowest BCUT2D eigenvalue weighted by Gasteiger charge is -2.16.